The monoisotopic (exact) mass is 363 g/mol. The zero-order valence-electron chi connectivity index (χ0n) is 15.2. The van der Waals surface area contributed by atoms with Gasteiger partial charge in [0.2, 0.25) is 0 Å². The number of hydrogen-bond acceptors (Lipinski definition) is 5. The lowest BCUT2D eigenvalue weighted by Gasteiger charge is -2.26. The maximum absolute atomic E-state index is 12.0. The van der Waals surface area contributed by atoms with Gasteiger partial charge in [0.25, 0.3) is 0 Å². The highest BCUT2D eigenvalue weighted by Crippen LogP contribution is 2.10. The highest BCUT2D eigenvalue weighted by Gasteiger charge is 2.22. The van der Waals surface area contributed by atoms with Crippen LogP contribution in [0.3, 0.4) is 0 Å². The molecule has 7 nitrogen and oxygen atoms in total. The van der Waals surface area contributed by atoms with Crippen molar-refractivity contribution >= 4 is 34.5 Å². The predicted molar refractivity (Wildman–Crippen MR) is 102 cm³/mol. The Morgan fingerprint density at radius 3 is 2.64 bits per heavy atom. The Balaban J connectivity index is 1.98. The van der Waals surface area contributed by atoms with Gasteiger partial charge in [0.15, 0.2) is 5.11 Å². The molecule has 25 heavy (non-hydrogen) atoms. The second kappa shape index (κ2) is 7.77. The van der Waals surface area contributed by atoms with Crippen LogP contribution in [0.4, 0.5) is 4.79 Å². The fourth-order valence-corrected chi connectivity index (χ4v) is 2.42. The summed E-state index contributed by atoms with van der Waals surface area (Å²) in [5.41, 5.74) is 1.08. The third-order valence-corrected chi connectivity index (χ3v) is 3.84. The van der Waals surface area contributed by atoms with Gasteiger partial charge in [-0.1, -0.05) is 31.2 Å². The number of nitrogens with one attached hydrogen (secondary N) is 2. The average molecular weight is 363 g/mol. The molecule has 1 amide bonds. The number of nitrogens with zero attached hydrogens (tertiary/aromatic N) is 3. The van der Waals surface area contributed by atoms with E-state index in [1.54, 1.807) is 4.68 Å². The molecule has 8 heteroatoms. The lowest BCUT2D eigenvalue weighted by atomic mass is 10.0. The van der Waals surface area contributed by atoms with Gasteiger partial charge in [-0.05, 0) is 51.0 Å². The van der Waals surface area contributed by atoms with E-state index in [1.165, 1.54) is 0 Å². The van der Waals surface area contributed by atoms with Gasteiger partial charge < -0.3 is 15.4 Å². The maximum atomic E-state index is 12.0. The summed E-state index contributed by atoms with van der Waals surface area (Å²) in [6.45, 7) is 10.0. The zero-order chi connectivity index (χ0) is 18.6. The molecule has 1 atom stereocenters. The predicted octanol–water partition coefficient (Wildman–Crippen LogP) is 2.70. The third kappa shape index (κ3) is 5.38. The molecule has 136 valence electrons. The van der Waals surface area contributed by atoms with E-state index >= 15 is 0 Å². The van der Waals surface area contributed by atoms with E-state index in [0.717, 1.165) is 11.0 Å². The highest BCUT2D eigenvalue weighted by atomic mass is 32.1. The smallest absolute Gasteiger partial charge is 0.407 e. The van der Waals surface area contributed by atoms with Crippen LogP contribution in [0.1, 0.15) is 34.6 Å². The van der Waals surface area contributed by atoms with Crippen LogP contribution < -0.4 is 10.6 Å². The first-order valence-electron chi connectivity index (χ1n) is 8.25. The number of benzene rings is 1. The molecule has 0 unspecified atom stereocenters. The quantitative estimate of drug-likeness (QED) is 0.813. The molecule has 0 aliphatic carbocycles. The topological polar surface area (TPSA) is 81.1 Å². The normalized spacial score (nSPS) is 12.9. The second-order valence-electron chi connectivity index (χ2n) is 7.17. The molecule has 0 spiro atoms. The number of para-hydroxylation sites is 1. The van der Waals surface area contributed by atoms with Crippen molar-refractivity contribution in [2.75, 3.05) is 6.54 Å². The van der Waals surface area contributed by atoms with E-state index in [-0.39, 0.29) is 12.0 Å². The second-order valence-corrected chi connectivity index (χ2v) is 7.56. The summed E-state index contributed by atoms with van der Waals surface area (Å²) < 4.78 is 6.90. The van der Waals surface area contributed by atoms with Gasteiger partial charge in [-0.2, -0.15) is 4.68 Å². The number of thiocarbonyl (C=S) groups is 1. The molecule has 2 rings (SSSR count). The first-order chi connectivity index (χ1) is 11.7. The fraction of sp³-hybridized carbons (Fsp3) is 0.529. The maximum Gasteiger partial charge on any atom is 0.407 e. The third-order valence-electron chi connectivity index (χ3n) is 3.52. The van der Waals surface area contributed by atoms with E-state index < -0.39 is 11.7 Å². The molecule has 1 heterocycles. The van der Waals surface area contributed by atoms with Gasteiger partial charge in [0.05, 0.1) is 11.6 Å². The largest absolute Gasteiger partial charge is 0.444 e. The molecule has 2 aromatic rings. The summed E-state index contributed by atoms with van der Waals surface area (Å²) in [7, 11) is 0. The van der Waals surface area contributed by atoms with Crippen LogP contribution in [0.5, 0.6) is 0 Å². The molecule has 0 fully saturated rings. The van der Waals surface area contributed by atoms with Crippen LogP contribution in [0.2, 0.25) is 0 Å². The molecular formula is C17H25N5O2S. The molecular weight excluding hydrogens is 338 g/mol. The van der Waals surface area contributed by atoms with E-state index in [2.05, 4.69) is 20.9 Å². The van der Waals surface area contributed by atoms with Crippen LogP contribution in [-0.4, -0.2) is 44.4 Å². The van der Waals surface area contributed by atoms with E-state index in [4.69, 9.17) is 17.0 Å². The molecule has 0 bridgehead atoms. The lowest BCUT2D eigenvalue weighted by Crippen LogP contribution is -2.48. The Morgan fingerprint density at radius 1 is 1.32 bits per heavy atom. The number of rotatable bonds is 4. The van der Waals surface area contributed by atoms with Crippen molar-refractivity contribution in [3.63, 3.8) is 0 Å². The number of ether oxygens (including phenoxy) is 1. The fourth-order valence-electron chi connectivity index (χ4n) is 2.20. The number of carbonyl (C=O) groups is 1. The van der Waals surface area contributed by atoms with E-state index in [0.29, 0.717) is 11.7 Å². The minimum atomic E-state index is -0.534. The Morgan fingerprint density at radius 2 is 2.00 bits per heavy atom. The van der Waals surface area contributed by atoms with Gasteiger partial charge in [-0.3, -0.25) is 0 Å². The van der Waals surface area contributed by atoms with Crippen LogP contribution >= 0.6 is 12.2 Å². The number of hydrogen-bond donors (Lipinski definition) is 2. The van der Waals surface area contributed by atoms with Crippen molar-refractivity contribution in [3.8, 4) is 0 Å². The van der Waals surface area contributed by atoms with Crippen LogP contribution in [0.25, 0.3) is 11.0 Å². The standard InChI is InChI=1S/C17H25N5O2S/c1-11(2)13(19-16(23)24-17(3,4)5)10-18-15(25)22-14-9-7-6-8-12(14)20-21-22/h6-9,11,13H,10H2,1-5H3,(H,18,25)(H,19,23)/t13-/m1/s1. The molecule has 0 saturated carbocycles. The minimum Gasteiger partial charge on any atom is -0.444 e. The molecule has 2 N–H and O–H groups in total. The van der Waals surface area contributed by atoms with Crippen molar-refractivity contribution in [2.45, 2.75) is 46.3 Å². The van der Waals surface area contributed by atoms with Crippen LogP contribution in [0.15, 0.2) is 24.3 Å². The van der Waals surface area contributed by atoms with Crippen molar-refractivity contribution < 1.29 is 9.53 Å². The minimum absolute atomic E-state index is 0.136. The molecule has 0 aliphatic heterocycles. The Kier molecular flexibility index (Phi) is 5.94. The van der Waals surface area contributed by atoms with Crippen molar-refractivity contribution in [2.24, 2.45) is 5.92 Å². The Bertz CT molecular complexity index is 751. The number of carbonyl (C=O) groups excluding carboxylic acids is 1. The van der Waals surface area contributed by atoms with Gasteiger partial charge in [-0.15, -0.1) is 5.10 Å². The van der Waals surface area contributed by atoms with E-state index in [1.807, 2.05) is 58.9 Å². The van der Waals surface area contributed by atoms with E-state index in [9.17, 15) is 4.79 Å². The Hall–Kier alpha value is -2.22. The van der Waals surface area contributed by atoms with Gasteiger partial charge >= 0.3 is 6.09 Å². The summed E-state index contributed by atoms with van der Waals surface area (Å²) in [6, 6.07) is 7.45. The van der Waals surface area contributed by atoms with Crippen molar-refractivity contribution in [1.82, 2.24) is 25.6 Å². The number of amides is 1. The molecule has 1 aromatic carbocycles. The number of fused-ring (bicyclic) bond motifs is 1. The summed E-state index contributed by atoms with van der Waals surface area (Å²) in [4.78, 5) is 12.0. The first kappa shape index (κ1) is 19.1. The SMILES string of the molecule is CC(C)[C@@H](CNC(=S)n1nnc2ccccc21)NC(=O)OC(C)(C)C. The zero-order valence-corrected chi connectivity index (χ0v) is 16.1. The summed E-state index contributed by atoms with van der Waals surface area (Å²) in [5.74, 6) is 0.204. The average Bonchev–Trinajstić information content (AvgIpc) is 2.93. The van der Waals surface area contributed by atoms with Gasteiger partial charge in [0.1, 0.15) is 11.1 Å². The van der Waals surface area contributed by atoms with Crippen LogP contribution in [0, 0.1) is 5.92 Å². The highest BCUT2D eigenvalue weighted by molar-refractivity contribution is 7.80. The Labute approximate surface area is 153 Å². The number of alkyl carbamates (subject to hydrolysis) is 1. The molecule has 0 saturated heterocycles. The van der Waals surface area contributed by atoms with Crippen molar-refractivity contribution in [3.05, 3.63) is 24.3 Å². The molecule has 0 radical (unpaired) electrons. The summed E-state index contributed by atoms with van der Waals surface area (Å²) in [6.07, 6.45) is -0.440. The summed E-state index contributed by atoms with van der Waals surface area (Å²) in [5, 5.41) is 14.6. The number of aromatic nitrogens is 3. The van der Waals surface area contributed by atoms with Crippen LogP contribution in [-0.2, 0) is 4.74 Å². The lowest BCUT2D eigenvalue weighted by molar-refractivity contribution is 0.0491. The molecule has 0 aliphatic rings. The van der Waals surface area contributed by atoms with Gasteiger partial charge in [-0.25, -0.2) is 4.79 Å². The summed E-state index contributed by atoms with van der Waals surface area (Å²) >= 11 is 5.41. The first-order valence-corrected chi connectivity index (χ1v) is 8.66. The van der Waals surface area contributed by atoms with Gasteiger partial charge in [0, 0.05) is 6.54 Å². The van der Waals surface area contributed by atoms with Crippen molar-refractivity contribution in [1.29, 1.82) is 0 Å². The molecule has 1 aromatic heterocycles.